The van der Waals surface area contributed by atoms with E-state index in [1.54, 1.807) is 6.07 Å². The van der Waals surface area contributed by atoms with Crippen LogP contribution in [0, 0.1) is 0 Å². The van der Waals surface area contributed by atoms with E-state index in [1.807, 2.05) is 37.2 Å². The molecule has 19 heavy (non-hydrogen) atoms. The van der Waals surface area contributed by atoms with Gasteiger partial charge in [0.15, 0.2) is 0 Å². The molecular weight excluding hydrogens is 266 g/mol. The Kier molecular flexibility index (Phi) is 4.07. The molecule has 0 aromatic heterocycles. The van der Waals surface area contributed by atoms with Gasteiger partial charge in [0.2, 0.25) is 5.91 Å². The maximum absolute atomic E-state index is 11.7. The fourth-order valence-corrected chi connectivity index (χ4v) is 2.36. The summed E-state index contributed by atoms with van der Waals surface area (Å²) in [5.74, 6) is -0.205. The summed E-state index contributed by atoms with van der Waals surface area (Å²) in [5.41, 5.74) is 0.904. The highest BCUT2D eigenvalue weighted by atomic mass is 35.5. The highest BCUT2D eigenvalue weighted by molar-refractivity contribution is 6.31. The molecule has 1 unspecified atom stereocenters. The number of benzene rings is 1. The fourth-order valence-electron chi connectivity index (χ4n) is 2.10. The molecule has 1 saturated heterocycles. The lowest BCUT2D eigenvalue weighted by Gasteiger charge is -2.28. The summed E-state index contributed by atoms with van der Waals surface area (Å²) < 4.78 is 0. The molecule has 5 nitrogen and oxygen atoms in total. The van der Waals surface area contributed by atoms with Crippen LogP contribution in [0.3, 0.4) is 0 Å². The van der Waals surface area contributed by atoms with Crippen molar-refractivity contribution in [3.8, 4) is 0 Å². The standard InChI is InChI=1S/C13H16ClN3O2/c1-16(2)11(9-5-3-4-6-10(9)14)8-17-12(18)7-15-13(17)19/h3-6,11H,7-8H2,1-2H3,(H,15,19). The number of carbonyl (C=O) groups excluding carboxylic acids is 2. The number of carbonyl (C=O) groups is 2. The van der Waals surface area contributed by atoms with Crippen molar-refractivity contribution in [2.45, 2.75) is 6.04 Å². The molecule has 0 saturated carbocycles. The van der Waals surface area contributed by atoms with Gasteiger partial charge in [-0.25, -0.2) is 4.79 Å². The van der Waals surface area contributed by atoms with Crippen molar-refractivity contribution < 1.29 is 9.59 Å². The van der Waals surface area contributed by atoms with Gasteiger partial charge in [-0.1, -0.05) is 29.8 Å². The molecule has 1 aliphatic heterocycles. The summed E-state index contributed by atoms with van der Waals surface area (Å²) in [5, 5.41) is 3.15. The maximum atomic E-state index is 11.7. The zero-order chi connectivity index (χ0) is 14.0. The van der Waals surface area contributed by atoms with Crippen LogP contribution in [0.1, 0.15) is 11.6 Å². The molecule has 102 valence electrons. The molecule has 1 aliphatic rings. The lowest BCUT2D eigenvalue weighted by atomic mass is 10.1. The third kappa shape index (κ3) is 2.88. The SMILES string of the molecule is CN(C)C(CN1C(=O)CNC1=O)c1ccccc1Cl. The van der Waals surface area contributed by atoms with Crippen LogP contribution in [0.2, 0.25) is 5.02 Å². The number of likely N-dealkylation sites (N-methyl/N-ethyl adjacent to an activating group) is 1. The summed E-state index contributed by atoms with van der Waals surface area (Å²) in [6, 6.07) is 6.99. The highest BCUT2D eigenvalue weighted by Crippen LogP contribution is 2.27. The van der Waals surface area contributed by atoms with Gasteiger partial charge in [-0.2, -0.15) is 0 Å². The number of rotatable bonds is 4. The van der Waals surface area contributed by atoms with Crippen LogP contribution >= 0.6 is 11.6 Å². The van der Waals surface area contributed by atoms with Gasteiger partial charge in [0.05, 0.1) is 19.1 Å². The number of nitrogens with zero attached hydrogens (tertiary/aromatic N) is 2. The number of imide groups is 1. The van der Waals surface area contributed by atoms with Crippen molar-refractivity contribution in [3.05, 3.63) is 34.9 Å². The van der Waals surface area contributed by atoms with Crippen LogP contribution in [0.15, 0.2) is 24.3 Å². The van der Waals surface area contributed by atoms with Crippen LogP contribution in [0.25, 0.3) is 0 Å². The lowest BCUT2D eigenvalue weighted by Crippen LogP contribution is -2.39. The van der Waals surface area contributed by atoms with E-state index in [0.29, 0.717) is 11.6 Å². The van der Waals surface area contributed by atoms with Crippen LogP contribution in [-0.2, 0) is 4.79 Å². The van der Waals surface area contributed by atoms with Crippen molar-refractivity contribution in [3.63, 3.8) is 0 Å². The van der Waals surface area contributed by atoms with Crippen molar-refractivity contribution in [1.82, 2.24) is 15.1 Å². The topological polar surface area (TPSA) is 52.6 Å². The number of nitrogens with one attached hydrogen (secondary N) is 1. The second-order valence-corrected chi connectivity index (χ2v) is 5.07. The zero-order valence-electron chi connectivity index (χ0n) is 10.9. The predicted octanol–water partition coefficient (Wildman–Crippen LogP) is 1.49. The Morgan fingerprint density at radius 3 is 2.58 bits per heavy atom. The molecule has 0 radical (unpaired) electrons. The van der Waals surface area contributed by atoms with E-state index in [-0.39, 0.29) is 24.5 Å². The number of hydrogen-bond donors (Lipinski definition) is 1. The quantitative estimate of drug-likeness (QED) is 0.851. The molecule has 6 heteroatoms. The number of amides is 3. The molecule has 0 bridgehead atoms. The van der Waals surface area contributed by atoms with Crippen molar-refractivity contribution >= 4 is 23.5 Å². The largest absolute Gasteiger partial charge is 0.329 e. The number of urea groups is 1. The molecule has 0 aliphatic carbocycles. The van der Waals surface area contributed by atoms with E-state index in [2.05, 4.69) is 5.32 Å². The van der Waals surface area contributed by atoms with Gasteiger partial charge in [-0.3, -0.25) is 9.69 Å². The highest BCUT2D eigenvalue weighted by Gasteiger charge is 2.32. The molecule has 1 fully saturated rings. The van der Waals surface area contributed by atoms with E-state index < -0.39 is 0 Å². The van der Waals surface area contributed by atoms with Gasteiger partial charge < -0.3 is 10.2 Å². The van der Waals surface area contributed by atoms with Gasteiger partial charge in [0.1, 0.15) is 0 Å². The minimum atomic E-state index is -0.344. The summed E-state index contributed by atoms with van der Waals surface area (Å²) in [6.07, 6.45) is 0. The maximum Gasteiger partial charge on any atom is 0.324 e. The van der Waals surface area contributed by atoms with Crippen molar-refractivity contribution in [2.24, 2.45) is 0 Å². The van der Waals surface area contributed by atoms with E-state index >= 15 is 0 Å². The Bertz CT molecular complexity index is 488. The molecule has 1 heterocycles. The first-order valence-corrected chi connectivity index (χ1v) is 6.37. The minimum Gasteiger partial charge on any atom is -0.329 e. The first-order chi connectivity index (χ1) is 9.00. The molecule has 1 N–H and O–H groups in total. The summed E-state index contributed by atoms with van der Waals surface area (Å²) in [4.78, 5) is 26.4. The summed E-state index contributed by atoms with van der Waals surface area (Å²) >= 11 is 6.19. The van der Waals surface area contributed by atoms with E-state index in [1.165, 1.54) is 4.90 Å². The molecule has 0 spiro atoms. The Labute approximate surface area is 117 Å². The third-order valence-electron chi connectivity index (χ3n) is 3.18. The van der Waals surface area contributed by atoms with Gasteiger partial charge in [0.25, 0.3) is 0 Å². The van der Waals surface area contributed by atoms with E-state index in [4.69, 9.17) is 11.6 Å². The average molecular weight is 282 g/mol. The van der Waals surface area contributed by atoms with Gasteiger partial charge in [-0.15, -0.1) is 0 Å². The predicted molar refractivity (Wildman–Crippen MR) is 73.0 cm³/mol. The Hall–Kier alpha value is -1.59. The second kappa shape index (κ2) is 5.59. The summed E-state index contributed by atoms with van der Waals surface area (Å²) in [7, 11) is 3.79. The minimum absolute atomic E-state index is 0.0709. The lowest BCUT2D eigenvalue weighted by molar-refractivity contribution is -0.125. The fraction of sp³-hybridized carbons (Fsp3) is 0.385. The molecular formula is C13H16ClN3O2. The zero-order valence-corrected chi connectivity index (χ0v) is 11.6. The second-order valence-electron chi connectivity index (χ2n) is 4.66. The van der Waals surface area contributed by atoms with Crippen LogP contribution in [0.4, 0.5) is 4.79 Å². The smallest absolute Gasteiger partial charge is 0.324 e. The van der Waals surface area contributed by atoms with Crippen LogP contribution < -0.4 is 5.32 Å². The normalized spacial score (nSPS) is 16.9. The van der Waals surface area contributed by atoms with Crippen LogP contribution in [0.5, 0.6) is 0 Å². The Morgan fingerprint density at radius 2 is 2.05 bits per heavy atom. The Balaban J connectivity index is 2.25. The monoisotopic (exact) mass is 281 g/mol. The molecule has 1 atom stereocenters. The summed E-state index contributed by atoms with van der Waals surface area (Å²) in [6.45, 7) is 0.364. The first kappa shape index (κ1) is 13.8. The molecule has 3 amide bonds. The van der Waals surface area contributed by atoms with E-state index in [0.717, 1.165) is 5.56 Å². The molecule has 1 aromatic rings. The third-order valence-corrected chi connectivity index (χ3v) is 3.52. The van der Waals surface area contributed by atoms with Crippen molar-refractivity contribution in [1.29, 1.82) is 0 Å². The Morgan fingerprint density at radius 1 is 1.37 bits per heavy atom. The van der Waals surface area contributed by atoms with Gasteiger partial charge >= 0.3 is 6.03 Å². The van der Waals surface area contributed by atoms with Crippen LogP contribution in [-0.4, -0.2) is 48.9 Å². The average Bonchev–Trinajstić information content (AvgIpc) is 2.67. The van der Waals surface area contributed by atoms with Crippen molar-refractivity contribution in [2.75, 3.05) is 27.2 Å². The first-order valence-electron chi connectivity index (χ1n) is 5.99. The number of halogens is 1. The van der Waals surface area contributed by atoms with E-state index in [9.17, 15) is 9.59 Å². The molecule has 1 aromatic carbocycles. The van der Waals surface area contributed by atoms with Gasteiger partial charge in [0, 0.05) is 5.02 Å². The molecule has 2 rings (SSSR count). The van der Waals surface area contributed by atoms with Gasteiger partial charge in [-0.05, 0) is 25.7 Å². The number of hydrogen-bond acceptors (Lipinski definition) is 3.